The van der Waals surface area contributed by atoms with E-state index in [2.05, 4.69) is 9.39 Å². The molecule has 0 radical (unpaired) electrons. The monoisotopic (exact) mass is 161 g/mol. The van der Waals surface area contributed by atoms with Crippen molar-refractivity contribution in [3.63, 3.8) is 0 Å². The molecular weight excluding hydrogens is 149 g/mol. The van der Waals surface area contributed by atoms with E-state index >= 15 is 0 Å². The molecule has 3 nitrogen and oxygen atoms in total. The molecule has 0 aromatic carbocycles. The summed E-state index contributed by atoms with van der Waals surface area (Å²) < 4.78 is 1.52. The predicted molar refractivity (Wildman–Crippen MR) is 41.3 cm³/mol. The number of amides is 1. The fourth-order valence-corrected chi connectivity index (χ4v) is 1.38. The number of hydrogen-bond donors (Lipinski definition) is 1. The lowest BCUT2D eigenvalue weighted by molar-refractivity contribution is -0.133. The van der Waals surface area contributed by atoms with E-state index in [0.717, 1.165) is 0 Å². The van der Waals surface area contributed by atoms with E-state index in [4.69, 9.17) is 0 Å². The van der Waals surface area contributed by atoms with E-state index in [1.807, 2.05) is 6.92 Å². The molecule has 58 valence electrons. The zero-order valence-corrected chi connectivity index (χ0v) is 7.10. The first-order chi connectivity index (χ1) is 4.63. The first-order valence-electron chi connectivity index (χ1n) is 3.37. The van der Waals surface area contributed by atoms with Gasteiger partial charge in [0.1, 0.15) is 0 Å². The quantitative estimate of drug-likeness (QED) is 0.514. The van der Waals surface area contributed by atoms with Gasteiger partial charge in [-0.05, 0) is 22.7 Å². The molecular formula is C6H12NO2P. The lowest BCUT2D eigenvalue weighted by Gasteiger charge is -2.33. The van der Waals surface area contributed by atoms with E-state index < -0.39 is 0 Å². The molecule has 3 atom stereocenters. The summed E-state index contributed by atoms with van der Waals surface area (Å²) in [7, 11) is 2.33. The summed E-state index contributed by atoms with van der Waals surface area (Å²) >= 11 is 0. The zero-order valence-electron chi connectivity index (χ0n) is 5.95. The average molecular weight is 161 g/mol. The summed E-state index contributed by atoms with van der Waals surface area (Å²) in [4.78, 5) is 10.9. The lowest BCUT2D eigenvalue weighted by atomic mass is 10.0. The third-order valence-corrected chi connectivity index (χ3v) is 2.70. The first-order valence-corrected chi connectivity index (χ1v) is 3.89. The molecule has 0 bridgehead atoms. The normalized spacial score (nSPS) is 34.7. The predicted octanol–water partition coefficient (Wildman–Crippen LogP) is 0.148. The number of hydrogen-bond acceptors (Lipinski definition) is 2. The molecule has 0 aromatic heterocycles. The largest absolute Gasteiger partial charge is 0.391 e. The van der Waals surface area contributed by atoms with Crippen molar-refractivity contribution in [3.05, 3.63) is 0 Å². The molecule has 1 unspecified atom stereocenters. The van der Waals surface area contributed by atoms with Crippen molar-refractivity contribution in [2.75, 3.05) is 0 Å². The molecule has 0 aliphatic carbocycles. The number of piperidine rings is 1. The van der Waals surface area contributed by atoms with Crippen LogP contribution in [-0.2, 0) is 4.79 Å². The Labute approximate surface area is 62.7 Å². The van der Waals surface area contributed by atoms with Crippen molar-refractivity contribution in [2.24, 2.45) is 0 Å². The lowest BCUT2D eigenvalue weighted by Crippen LogP contribution is -2.43. The fraction of sp³-hybridized carbons (Fsp3) is 0.833. The van der Waals surface area contributed by atoms with Crippen LogP contribution in [0.15, 0.2) is 0 Å². The minimum absolute atomic E-state index is 0.0498. The van der Waals surface area contributed by atoms with Gasteiger partial charge in [-0.15, -0.1) is 0 Å². The van der Waals surface area contributed by atoms with Crippen LogP contribution in [0.25, 0.3) is 0 Å². The highest BCUT2D eigenvalue weighted by molar-refractivity contribution is 7.14. The Morgan fingerprint density at radius 1 is 1.80 bits per heavy atom. The van der Waals surface area contributed by atoms with Gasteiger partial charge in [0.2, 0.25) is 5.91 Å². The molecule has 1 fully saturated rings. The number of carbonyl (C=O) groups excluding carboxylic acids is 1. The van der Waals surface area contributed by atoms with Crippen molar-refractivity contribution < 1.29 is 9.90 Å². The number of rotatable bonds is 0. The molecule has 1 saturated heterocycles. The summed E-state index contributed by atoms with van der Waals surface area (Å²) in [6.45, 7) is 1.84. The molecule has 0 spiro atoms. The Bertz CT molecular complexity index is 151. The molecule has 10 heavy (non-hydrogen) atoms. The van der Waals surface area contributed by atoms with E-state index in [-0.39, 0.29) is 18.1 Å². The maximum Gasteiger partial charge on any atom is 0.225 e. The minimum atomic E-state index is -0.352. The first kappa shape index (κ1) is 7.96. The van der Waals surface area contributed by atoms with Crippen LogP contribution < -0.4 is 0 Å². The van der Waals surface area contributed by atoms with E-state index in [1.165, 1.54) is 4.67 Å². The zero-order chi connectivity index (χ0) is 7.72. The van der Waals surface area contributed by atoms with Gasteiger partial charge >= 0.3 is 0 Å². The third-order valence-electron chi connectivity index (χ3n) is 1.94. The van der Waals surface area contributed by atoms with Crippen LogP contribution in [0, 0.1) is 0 Å². The fourth-order valence-electron chi connectivity index (χ4n) is 1.05. The van der Waals surface area contributed by atoms with Gasteiger partial charge in [-0.25, -0.2) is 0 Å². The van der Waals surface area contributed by atoms with Gasteiger partial charge in [0.15, 0.2) is 0 Å². The second-order valence-electron chi connectivity index (χ2n) is 2.65. The topological polar surface area (TPSA) is 40.5 Å². The Morgan fingerprint density at radius 2 is 2.40 bits per heavy atom. The van der Waals surface area contributed by atoms with Crippen molar-refractivity contribution >= 4 is 15.3 Å². The van der Waals surface area contributed by atoms with E-state index in [1.54, 1.807) is 0 Å². The van der Waals surface area contributed by atoms with Crippen molar-refractivity contribution in [3.8, 4) is 0 Å². The molecule has 1 N–H and O–H groups in total. The van der Waals surface area contributed by atoms with Gasteiger partial charge in [0.25, 0.3) is 0 Å². The summed E-state index contributed by atoms with van der Waals surface area (Å²) in [5, 5.41) is 9.26. The van der Waals surface area contributed by atoms with Gasteiger partial charge in [-0.2, -0.15) is 0 Å². The van der Waals surface area contributed by atoms with Crippen LogP contribution in [0.2, 0.25) is 0 Å². The number of aliphatic hydroxyl groups excluding tert-OH is 1. The maximum absolute atomic E-state index is 10.9. The Hall–Kier alpha value is -0.140. The molecule has 1 aliphatic heterocycles. The van der Waals surface area contributed by atoms with Gasteiger partial charge in [-0.3, -0.25) is 4.79 Å². The Balaban J connectivity index is 2.60. The van der Waals surface area contributed by atoms with Crippen LogP contribution in [-0.4, -0.2) is 27.8 Å². The highest BCUT2D eigenvalue weighted by Crippen LogP contribution is 2.21. The number of carbonyl (C=O) groups is 1. The molecule has 4 heteroatoms. The molecule has 1 heterocycles. The SMILES string of the molecule is C[C@H]1[C@H](O)CCC(=O)N1P. The van der Waals surface area contributed by atoms with Crippen LogP contribution in [0.5, 0.6) is 0 Å². The Kier molecular flexibility index (Phi) is 2.27. The van der Waals surface area contributed by atoms with Gasteiger partial charge in [0.05, 0.1) is 12.1 Å². The smallest absolute Gasteiger partial charge is 0.225 e. The summed E-state index contributed by atoms with van der Waals surface area (Å²) in [5.41, 5.74) is 0. The molecule has 0 saturated carbocycles. The highest BCUT2D eigenvalue weighted by Gasteiger charge is 2.28. The average Bonchev–Trinajstić information content (AvgIpc) is 1.93. The number of nitrogens with zero attached hydrogens (tertiary/aromatic N) is 1. The Morgan fingerprint density at radius 3 is 2.90 bits per heavy atom. The van der Waals surface area contributed by atoms with Gasteiger partial charge in [-0.1, -0.05) is 0 Å². The highest BCUT2D eigenvalue weighted by atomic mass is 31.0. The third kappa shape index (κ3) is 1.30. The minimum Gasteiger partial charge on any atom is -0.391 e. The standard InChI is InChI=1S/C6H12NO2P/c1-4-5(8)2-3-6(9)7(4)10/h4-5,8H,2-3,10H2,1H3/t4-,5+/m0/s1. The molecule has 0 aromatic rings. The van der Waals surface area contributed by atoms with E-state index in [9.17, 15) is 9.90 Å². The summed E-state index contributed by atoms with van der Waals surface area (Å²) in [6.07, 6.45) is 0.718. The molecule has 1 amide bonds. The maximum atomic E-state index is 10.9. The van der Waals surface area contributed by atoms with Crippen LogP contribution in [0.4, 0.5) is 0 Å². The van der Waals surface area contributed by atoms with Crippen molar-refractivity contribution in [1.82, 2.24) is 4.67 Å². The van der Waals surface area contributed by atoms with Crippen LogP contribution in [0.1, 0.15) is 19.8 Å². The van der Waals surface area contributed by atoms with Crippen LogP contribution >= 0.6 is 9.39 Å². The van der Waals surface area contributed by atoms with E-state index in [0.29, 0.717) is 12.8 Å². The molecule has 1 aliphatic rings. The second-order valence-corrected chi connectivity index (χ2v) is 3.20. The second kappa shape index (κ2) is 2.85. The van der Waals surface area contributed by atoms with Gasteiger partial charge in [0, 0.05) is 6.42 Å². The summed E-state index contributed by atoms with van der Waals surface area (Å²) in [5.74, 6) is 0.0998. The molecule has 1 rings (SSSR count). The van der Waals surface area contributed by atoms with Gasteiger partial charge < -0.3 is 9.78 Å². The van der Waals surface area contributed by atoms with Crippen molar-refractivity contribution in [1.29, 1.82) is 0 Å². The summed E-state index contributed by atoms with van der Waals surface area (Å²) in [6, 6.07) is -0.0498. The number of aliphatic hydroxyl groups is 1. The van der Waals surface area contributed by atoms with Crippen molar-refractivity contribution in [2.45, 2.75) is 31.9 Å². The van der Waals surface area contributed by atoms with Crippen LogP contribution in [0.3, 0.4) is 0 Å².